The quantitative estimate of drug-likeness (QED) is 0.620. The zero-order valence-corrected chi connectivity index (χ0v) is 13.5. The Hall–Kier alpha value is -3.40. The second kappa shape index (κ2) is 10.3. The van der Waals surface area contributed by atoms with Crippen molar-refractivity contribution in [1.82, 2.24) is 0 Å². The van der Waals surface area contributed by atoms with Crippen LogP contribution in [0.2, 0.25) is 0 Å². The molecule has 0 heterocycles. The molecule has 0 N–H and O–H groups in total. The van der Waals surface area contributed by atoms with E-state index < -0.39 is 0 Å². The van der Waals surface area contributed by atoms with Crippen LogP contribution >= 0.6 is 0 Å². The number of isocyanates is 2. The summed E-state index contributed by atoms with van der Waals surface area (Å²) in [6, 6.07) is 12.0. The lowest BCUT2D eigenvalue weighted by molar-refractivity contribution is 0.395. The van der Waals surface area contributed by atoms with E-state index >= 15 is 0 Å². The zero-order chi connectivity index (χ0) is 17.8. The minimum atomic E-state index is 0.443. The van der Waals surface area contributed by atoms with Gasteiger partial charge in [-0.15, -0.1) is 0 Å². The van der Waals surface area contributed by atoms with Crippen molar-refractivity contribution in [2.24, 2.45) is 9.98 Å². The molecular formula is C17H16N2O5. The van der Waals surface area contributed by atoms with Crippen molar-refractivity contribution in [2.75, 3.05) is 21.3 Å². The van der Waals surface area contributed by atoms with Crippen LogP contribution in [0, 0.1) is 0 Å². The number of aliphatic imine (C=N–C) groups is 2. The van der Waals surface area contributed by atoms with E-state index in [2.05, 4.69) is 9.98 Å². The third-order valence-electron chi connectivity index (χ3n) is 2.80. The second-order valence-corrected chi connectivity index (χ2v) is 4.12. The molecule has 24 heavy (non-hydrogen) atoms. The maximum absolute atomic E-state index is 10.0. The van der Waals surface area contributed by atoms with Gasteiger partial charge in [-0.05, 0) is 24.3 Å². The Morgan fingerprint density at radius 2 is 1.33 bits per heavy atom. The molecule has 0 fully saturated rings. The number of carbonyl (C=O) groups excluding carboxylic acids is 2. The number of hydrogen-bond acceptors (Lipinski definition) is 7. The van der Waals surface area contributed by atoms with Crippen molar-refractivity contribution in [3.63, 3.8) is 0 Å². The summed E-state index contributed by atoms with van der Waals surface area (Å²) in [4.78, 5) is 26.8. The van der Waals surface area contributed by atoms with Gasteiger partial charge in [-0.1, -0.05) is 12.1 Å². The van der Waals surface area contributed by atoms with Crippen molar-refractivity contribution < 1.29 is 23.8 Å². The minimum Gasteiger partial charge on any atom is -0.497 e. The highest BCUT2D eigenvalue weighted by atomic mass is 16.5. The molecule has 0 aliphatic carbocycles. The first-order valence-corrected chi connectivity index (χ1v) is 6.71. The number of benzene rings is 2. The van der Waals surface area contributed by atoms with Gasteiger partial charge in [0.05, 0.1) is 21.3 Å². The second-order valence-electron chi connectivity index (χ2n) is 4.12. The third-order valence-corrected chi connectivity index (χ3v) is 2.80. The van der Waals surface area contributed by atoms with Crippen LogP contribution in [0.15, 0.2) is 52.4 Å². The summed E-state index contributed by atoms with van der Waals surface area (Å²) >= 11 is 0. The van der Waals surface area contributed by atoms with E-state index in [9.17, 15) is 9.59 Å². The van der Waals surface area contributed by atoms with Crippen LogP contribution in [0.1, 0.15) is 0 Å². The first-order valence-electron chi connectivity index (χ1n) is 6.71. The molecule has 2 aromatic rings. The van der Waals surface area contributed by atoms with Gasteiger partial charge in [-0.3, -0.25) is 0 Å². The van der Waals surface area contributed by atoms with Gasteiger partial charge in [0.1, 0.15) is 28.6 Å². The average molecular weight is 328 g/mol. The highest BCUT2D eigenvalue weighted by Gasteiger charge is 2.02. The predicted octanol–water partition coefficient (Wildman–Crippen LogP) is 3.33. The maximum atomic E-state index is 10.0. The van der Waals surface area contributed by atoms with Gasteiger partial charge in [-0.2, -0.15) is 9.98 Å². The van der Waals surface area contributed by atoms with E-state index in [4.69, 9.17) is 14.2 Å². The molecule has 0 saturated carbocycles. The van der Waals surface area contributed by atoms with E-state index in [1.807, 2.05) is 6.07 Å². The highest BCUT2D eigenvalue weighted by Crippen LogP contribution is 2.30. The Bertz CT molecular complexity index is 763. The van der Waals surface area contributed by atoms with Crippen molar-refractivity contribution in [2.45, 2.75) is 0 Å². The topological polar surface area (TPSA) is 86.6 Å². The lowest BCUT2D eigenvalue weighted by Gasteiger charge is -2.05. The Balaban J connectivity index is 0.000000243. The Morgan fingerprint density at radius 1 is 0.750 bits per heavy atom. The van der Waals surface area contributed by atoms with Crippen molar-refractivity contribution in [1.29, 1.82) is 0 Å². The fraction of sp³-hybridized carbons (Fsp3) is 0.176. The molecule has 0 bridgehead atoms. The molecule has 0 spiro atoms. The van der Waals surface area contributed by atoms with Crippen molar-refractivity contribution in [3.8, 4) is 17.2 Å². The van der Waals surface area contributed by atoms with Gasteiger partial charge >= 0.3 is 0 Å². The molecule has 0 atom stereocenters. The smallest absolute Gasteiger partial charge is 0.240 e. The summed E-state index contributed by atoms with van der Waals surface area (Å²) in [5, 5.41) is 0. The lowest BCUT2D eigenvalue weighted by atomic mass is 10.3. The summed E-state index contributed by atoms with van der Waals surface area (Å²) in [5.41, 5.74) is 0.948. The van der Waals surface area contributed by atoms with Crippen LogP contribution in [0.25, 0.3) is 0 Å². The van der Waals surface area contributed by atoms with Gasteiger partial charge < -0.3 is 14.2 Å². The summed E-state index contributed by atoms with van der Waals surface area (Å²) in [6.45, 7) is 0. The fourth-order valence-electron chi connectivity index (χ4n) is 1.70. The Kier molecular flexibility index (Phi) is 8.04. The van der Waals surface area contributed by atoms with E-state index in [0.717, 1.165) is 0 Å². The summed E-state index contributed by atoms with van der Waals surface area (Å²) in [7, 11) is 4.58. The van der Waals surface area contributed by atoms with E-state index in [1.54, 1.807) is 43.5 Å². The van der Waals surface area contributed by atoms with Crippen LogP contribution in [0.4, 0.5) is 11.4 Å². The summed E-state index contributed by atoms with van der Waals surface area (Å²) in [5.74, 6) is 1.72. The standard InChI is InChI=1S/C9H9NO3.C8H7NO2/c1-12-7-3-4-8(10-6-11)9(5-7)13-2;1-11-8-5-3-2-4-7(8)9-6-10/h3-5H,1-2H3;2-5H,1H3. The predicted molar refractivity (Wildman–Crippen MR) is 88.1 cm³/mol. The normalized spacial score (nSPS) is 8.62. The molecule has 124 valence electrons. The lowest BCUT2D eigenvalue weighted by Crippen LogP contribution is -1.86. The molecule has 0 radical (unpaired) electrons. The van der Waals surface area contributed by atoms with Crippen LogP contribution in [-0.4, -0.2) is 33.5 Å². The number of methoxy groups -OCH3 is 3. The van der Waals surface area contributed by atoms with Gasteiger partial charge in [0.2, 0.25) is 12.2 Å². The molecule has 0 amide bonds. The number of hydrogen-bond donors (Lipinski definition) is 0. The zero-order valence-electron chi connectivity index (χ0n) is 13.5. The average Bonchev–Trinajstić information content (AvgIpc) is 2.63. The Labute approximate surface area is 139 Å². The van der Waals surface area contributed by atoms with Crippen LogP contribution in [0.5, 0.6) is 17.2 Å². The van der Waals surface area contributed by atoms with Gasteiger partial charge in [0.15, 0.2) is 0 Å². The number of para-hydroxylation sites is 2. The van der Waals surface area contributed by atoms with Gasteiger partial charge in [-0.25, -0.2) is 9.59 Å². The molecule has 0 unspecified atom stereocenters. The summed E-state index contributed by atoms with van der Waals surface area (Å²) in [6.07, 6.45) is 2.90. The number of nitrogens with zero attached hydrogens (tertiary/aromatic N) is 2. The van der Waals surface area contributed by atoms with Crippen LogP contribution < -0.4 is 14.2 Å². The van der Waals surface area contributed by atoms with E-state index in [1.165, 1.54) is 26.4 Å². The van der Waals surface area contributed by atoms with Crippen molar-refractivity contribution >= 4 is 23.5 Å². The Morgan fingerprint density at radius 3 is 1.88 bits per heavy atom. The highest BCUT2D eigenvalue weighted by molar-refractivity contribution is 5.59. The fourth-order valence-corrected chi connectivity index (χ4v) is 1.70. The van der Waals surface area contributed by atoms with Crippen LogP contribution in [-0.2, 0) is 9.59 Å². The molecule has 7 nitrogen and oxygen atoms in total. The van der Waals surface area contributed by atoms with Crippen molar-refractivity contribution in [3.05, 3.63) is 42.5 Å². The molecular weight excluding hydrogens is 312 g/mol. The molecule has 0 aromatic heterocycles. The monoisotopic (exact) mass is 328 g/mol. The van der Waals surface area contributed by atoms with E-state index in [0.29, 0.717) is 28.6 Å². The van der Waals surface area contributed by atoms with E-state index in [-0.39, 0.29) is 0 Å². The first-order chi connectivity index (χ1) is 11.7. The maximum Gasteiger partial charge on any atom is 0.240 e. The number of rotatable bonds is 5. The van der Waals surface area contributed by atoms with Crippen LogP contribution in [0.3, 0.4) is 0 Å². The molecule has 0 aliphatic rings. The summed E-state index contributed by atoms with van der Waals surface area (Å²) < 4.78 is 14.9. The molecule has 7 heteroatoms. The number of ether oxygens (including phenoxy) is 3. The van der Waals surface area contributed by atoms with Gasteiger partial charge in [0.25, 0.3) is 0 Å². The molecule has 0 saturated heterocycles. The minimum absolute atomic E-state index is 0.443. The molecule has 0 aliphatic heterocycles. The van der Waals surface area contributed by atoms with Gasteiger partial charge in [0, 0.05) is 6.07 Å². The first kappa shape index (κ1) is 18.6. The largest absolute Gasteiger partial charge is 0.497 e. The molecule has 2 aromatic carbocycles. The SMILES string of the molecule is COc1ccc(N=C=O)c(OC)c1.COc1ccccc1N=C=O. The molecule has 2 rings (SSSR count). The third kappa shape index (κ3) is 5.42.